The first-order valence-corrected chi connectivity index (χ1v) is 10.00. The second-order valence-electron chi connectivity index (χ2n) is 6.22. The number of ether oxygens (including phenoxy) is 2. The number of hydrogen-bond acceptors (Lipinski definition) is 7. The molecule has 0 bridgehead atoms. The zero-order valence-corrected chi connectivity index (χ0v) is 15.7. The first kappa shape index (κ1) is 19.2. The van der Waals surface area contributed by atoms with Gasteiger partial charge in [-0.15, -0.1) is 0 Å². The van der Waals surface area contributed by atoms with Crippen LogP contribution in [0.25, 0.3) is 0 Å². The van der Waals surface area contributed by atoms with E-state index < -0.39 is 15.6 Å². The molecule has 134 valence electrons. The molecule has 0 atom stereocenters. The standard InChI is InChI=1S/C15H22N2O5S2/c1-15(2,3)22-14(18)11-23-13-5-4-12(10-16-13)24(19,20)17-6-8-21-9-7-17/h4-5,10H,6-9,11H2,1-3H3. The van der Waals surface area contributed by atoms with Crippen LogP contribution in [-0.2, 0) is 24.3 Å². The summed E-state index contributed by atoms with van der Waals surface area (Å²) in [6.07, 6.45) is 1.32. The molecule has 1 aromatic heterocycles. The number of carbonyl (C=O) groups is 1. The van der Waals surface area contributed by atoms with Crippen molar-refractivity contribution in [2.45, 2.75) is 36.3 Å². The Bertz CT molecular complexity index is 662. The van der Waals surface area contributed by atoms with Gasteiger partial charge in [0.05, 0.1) is 24.0 Å². The highest BCUT2D eigenvalue weighted by atomic mass is 32.2. The van der Waals surface area contributed by atoms with E-state index in [4.69, 9.17) is 9.47 Å². The number of sulfonamides is 1. The van der Waals surface area contributed by atoms with Crippen molar-refractivity contribution in [3.63, 3.8) is 0 Å². The molecule has 0 radical (unpaired) electrons. The summed E-state index contributed by atoms with van der Waals surface area (Å²) in [5, 5.41) is 0.571. The molecule has 1 fully saturated rings. The van der Waals surface area contributed by atoms with Crippen molar-refractivity contribution >= 4 is 27.8 Å². The fourth-order valence-corrected chi connectivity index (χ4v) is 4.01. The monoisotopic (exact) mass is 374 g/mol. The van der Waals surface area contributed by atoms with Crippen molar-refractivity contribution in [2.24, 2.45) is 0 Å². The summed E-state index contributed by atoms with van der Waals surface area (Å²) in [4.78, 5) is 16.0. The lowest BCUT2D eigenvalue weighted by atomic mass is 10.2. The van der Waals surface area contributed by atoms with E-state index in [1.807, 2.05) is 0 Å². The molecule has 9 heteroatoms. The smallest absolute Gasteiger partial charge is 0.316 e. The van der Waals surface area contributed by atoms with Gasteiger partial charge in [0.1, 0.15) is 10.5 Å². The highest BCUT2D eigenvalue weighted by Gasteiger charge is 2.26. The summed E-state index contributed by atoms with van der Waals surface area (Å²) in [5.74, 6) is -0.209. The van der Waals surface area contributed by atoms with Gasteiger partial charge in [-0.05, 0) is 32.9 Å². The third-order valence-corrected chi connectivity index (χ3v) is 5.87. The summed E-state index contributed by atoms with van der Waals surface area (Å²) < 4.78 is 36.7. The van der Waals surface area contributed by atoms with Crippen molar-refractivity contribution < 1.29 is 22.7 Å². The van der Waals surface area contributed by atoms with Crippen molar-refractivity contribution in [2.75, 3.05) is 32.1 Å². The van der Waals surface area contributed by atoms with Crippen molar-refractivity contribution in [1.29, 1.82) is 0 Å². The molecule has 0 unspecified atom stereocenters. The Balaban J connectivity index is 1.96. The molecule has 7 nitrogen and oxygen atoms in total. The van der Waals surface area contributed by atoms with Gasteiger partial charge in [0.15, 0.2) is 0 Å². The summed E-state index contributed by atoms with van der Waals surface area (Å²) in [5.41, 5.74) is -0.527. The molecule has 2 rings (SSSR count). The number of esters is 1. The predicted octanol–water partition coefficient (Wildman–Crippen LogP) is 1.54. The van der Waals surface area contributed by atoms with Gasteiger partial charge < -0.3 is 9.47 Å². The Morgan fingerprint density at radius 3 is 2.54 bits per heavy atom. The van der Waals surface area contributed by atoms with Gasteiger partial charge in [0, 0.05) is 19.3 Å². The Morgan fingerprint density at radius 2 is 2.00 bits per heavy atom. The van der Waals surface area contributed by atoms with E-state index >= 15 is 0 Å². The fraction of sp³-hybridized carbons (Fsp3) is 0.600. The van der Waals surface area contributed by atoms with Crippen LogP contribution in [0.3, 0.4) is 0 Å². The van der Waals surface area contributed by atoms with Crippen molar-refractivity contribution in [3.05, 3.63) is 18.3 Å². The molecule has 2 heterocycles. The van der Waals surface area contributed by atoms with E-state index in [1.54, 1.807) is 26.8 Å². The van der Waals surface area contributed by atoms with E-state index in [1.165, 1.54) is 28.3 Å². The van der Waals surface area contributed by atoms with Crippen LogP contribution in [0, 0.1) is 0 Å². The summed E-state index contributed by atoms with van der Waals surface area (Å²) in [7, 11) is -3.54. The van der Waals surface area contributed by atoms with Crippen LogP contribution in [0.1, 0.15) is 20.8 Å². The maximum Gasteiger partial charge on any atom is 0.316 e. The summed E-state index contributed by atoms with van der Waals surface area (Å²) in [6.45, 7) is 6.90. The lowest BCUT2D eigenvalue weighted by molar-refractivity contribution is -0.151. The number of pyridine rings is 1. The van der Waals surface area contributed by atoms with Crippen molar-refractivity contribution in [1.82, 2.24) is 9.29 Å². The zero-order valence-electron chi connectivity index (χ0n) is 14.0. The lowest BCUT2D eigenvalue weighted by Crippen LogP contribution is -2.40. The highest BCUT2D eigenvalue weighted by molar-refractivity contribution is 7.99. The zero-order chi connectivity index (χ0) is 17.8. The summed E-state index contributed by atoms with van der Waals surface area (Å²) in [6, 6.07) is 3.11. The molecule has 24 heavy (non-hydrogen) atoms. The highest BCUT2D eigenvalue weighted by Crippen LogP contribution is 2.21. The molecule has 1 aliphatic heterocycles. The number of morpholine rings is 1. The first-order chi connectivity index (χ1) is 11.2. The first-order valence-electron chi connectivity index (χ1n) is 7.57. The Kier molecular flexibility index (Phi) is 6.24. The van der Waals surface area contributed by atoms with E-state index in [9.17, 15) is 13.2 Å². The number of aromatic nitrogens is 1. The van der Waals surface area contributed by atoms with Crippen LogP contribution in [0.2, 0.25) is 0 Å². The van der Waals surface area contributed by atoms with Crippen LogP contribution >= 0.6 is 11.8 Å². The van der Waals surface area contributed by atoms with E-state index in [2.05, 4.69) is 4.98 Å². The quantitative estimate of drug-likeness (QED) is 0.571. The molecule has 1 aliphatic rings. The number of thioether (sulfide) groups is 1. The maximum absolute atomic E-state index is 12.5. The molecular formula is C15H22N2O5S2. The Hall–Kier alpha value is -1.16. The van der Waals surface area contributed by atoms with Gasteiger partial charge in [-0.2, -0.15) is 4.31 Å². The average molecular weight is 374 g/mol. The van der Waals surface area contributed by atoms with Crippen molar-refractivity contribution in [3.8, 4) is 0 Å². The van der Waals surface area contributed by atoms with Gasteiger partial charge in [0.25, 0.3) is 0 Å². The third-order valence-electron chi connectivity index (χ3n) is 3.07. The maximum atomic E-state index is 12.5. The molecule has 0 aliphatic carbocycles. The topological polar surface area (TPSA) is 85.8 Å². The van der Waals surface area contributed by atoms with Gasteiger partial charge in [0.2, 0.25) is 10.0 Å². The van der Waals surface area contributed by atoms with Crippen LogP contribution in [0.4, 0.5) is 0 Å². The molecule has 0 amide bonds. The van der Waals surface area contributed by atoms with Gasteiger partial charge in [-0.1, -0.05) is 11.8 Å². The van der Waals surface area contributed by atoms with Crippen LogP contribution in [-0.4, -0.2) is 61.3 Å². The summed E-state index contributed by atoms with van der Waals surface area (Å²) >= 11 is 1.21. The van der Waals surface area contributed by atoms with E-state index in [-0.39, 0.29) is 16.6 Å². The second kappa shape index (κ2) is 7.81. The minimum atomic E-state index is -3.54. The van der Waals surface area contributed by atoms with Gasteiger partial charge in [-0.25, -0.2) is 13.4 Å². The Morgan fingerprint density at radius 1 is 1.33 bits per heavy atom. The predicted molar refractivity (Wildman–Crippen MR) is 90.4 cm³/mol. The van der Waals surface area contributed by atoms with Crippen LogP contribution < -0.4 is 0 Å². The molecular weight excluding hydrogens is 352 g/mol. The molecule has 0 aromatic carbocycles. The lowest BCUT2D eigenvalue weighted by Gasteiger charge is -2.25. The fourth-order valence-electron chi connectivity index (χ4n) is 2.04. The number of nitrogens with zero attached hydrogens (tertiary/aromatic N) is 2. The SMILES string of the molecule is CC(C)(C)OC(=O)CSc1ccc(S(=O)(=O)N2CCOCC2)cn1. The number of rotatable bonds is 5. The van der Waals surface area contributed by atoms with E-state index in [0.29, 0.717) is 31.3 Å². The van der Waals surface area contributed by atoms with Gasteiger partial charge in [-0.3, -0.25) is 4.79 Å². The van der Waals surface area contributed by atoms with Gasteiger partial charge >= 0.3 is 5.97 Å². The number of carbonyl (C=O) groups excluding carboxylic acids is 1. The average Bonchev–Trinajstić information content (AvgIpc) is 2.52. The van der Waals surface area contributed by atoms with E-state index in [0.717, 1.165) is 0 Å². The normalized spacial score (nSPS) is 16.8. The third kappa shape index (κ3) is 5.44. The van der Waals surface area contributed by atoms with Crippen LogP contribution in [0.15, 0.2) is 28.3 Å². The molecule has 0 N–H and O–H groups in total. The Labute approximate surface area is 146 Å². The number of hydrogen-bond donors (Lipinski definition) is 0. The largest absolute Gasteiger partial charge is 0.459 e. The molecule has 1 aromatic rings. The minimum Gasteiger partial charge on any atom is -0.459 e. The second-order valence-corrected chi connectivity index (χ2v) is 9.16. The molecule has 0 spiro atoms. The molecule has 1 saturated heterocycles. The minimum absolute atomic E-state index is 0.125. The van der Waals surface area contributed by atoms with Crippen LogP contribution in [0.5, 0.6) is 0 Å². The molecule has 0 saturated carbocycles.